The largest absolute Gasteiger partial charge is 0.396 e. The summed E-state index contributed by atoms with van der Waals surface area (Å²) in [7, 11) is -3.76. The van der Waals surface area contributed by atoms with E-state index >= 15 is 0 Å². The van der Waals surface area contributed by atoms with E-state index in [2.05, 4.69) is 11.8 Å². The molecule has 0 bridgehead atoms. The normalized spacial score (nSPS) is 16.8. The quantitative estimate of drug-likeness (QED) is 0.564. The fourth-order valence-electron chi connectivity index (χ4n) is 3.94. The van der Waals surface area contributed by atoms with Crippen LogP contribution in [0.5, 0.6) is 0 Å². The second-order valence-electron chi connectivity index (χ2n) is 8.80. The third-order valence-corrected chi connectivity index (χ3v) is 7.07. The van der Waals surface area contributed by atoms with E-state index in [-0.39, 0.29) is 16.9 Å². The highest BCUT2D eigenvalue weighted by Crippen LogP contribution is 2.30. The van der Waals surface area contributed by atoms with Crippen molar-refractivity contribution >= 4 is 10.0 Å². The Morgan fingerprint density at radius 1 is 1.06 bits per heavy atom. The molecule has 0 unspecified atom stereocenters. The lowest BCUT2D eigenvalue weighted by atomic mass is 9.81. The maximum Gasteiger partial charge on any atom is 0.238 e. The molecule has 0 aliphatic carbocycles. The van der Waals surface area contributed by atoms with Gasteiger partial charge in [-0.2, -0.15) is 0 Å². The van der Waals surface area contributed by atoms with Crippen LogP contribution < -0.4 is 5.14 Å². The van der Waals surface area contributed by atoms with Crippen molar-refractivity contribution < 1.29 is 13.5 Å². The van der Waals surface area contributed by atoms with Crippen LogP contribution in [0.25, 0.3) is 5.69 Å². The van der Waals surface area contributed by atoms with Gasteiger partial charge in [0.1, 0.15) is 5.82 Å². The number of piperidine rings is 1. The van der Waals surface area contributed by atoms with Crippen LogP contribution in [-0.4, -0.2) is 52.9 Å². The summed E-state index contributed by atoms with van der Waals surface area (Å²) in [4.78, 5) is 7.20. The number of sulfonamides is 1. The summed E-state index contributed by atoms with van der Waals surface area (Å²) < 4.78 is 25.0. The standard InChI is InChI=1S/C23H29N5O3S/c1-23(17-29)11-13-27(14-12-23)16-21-25-22(15-18-5-3-2-4-6-18)28(26-21)19-7-9-20(10-8-19)32(24,30)31/h2-10,29H,11-17H2,1H3,(H2,24,30,31). The van der Waals surface area contributed by atoms with Crippen molar-refractivity contribution in [1.29, 1.82) is 0 Å². The number of hydrogen-bond donors (Lipinski definition) is 2. The monoisotopic (exact) mass is 455 g/mol. The second-order valence-corrected chi connectivity index (χ2v) is 10.4. The van der Waals surface area contributed by atoms with Crippen LogP contribution in [-0.2, 0) is 23.0 Å². The predicted octanol–water partition coefficient (Wildman–Crippen LogP) is 2.10. The van der Waals surface area contributed by atoms with Crippen LogP contribution in [0.15, 0.2) is 59.5 Å². The summed E-state index contributed by atoms with van der Waals surface area (Å²) in [6.07, 6.45) is 2.49. The Labute approximate surface area is 188 Å². The molecule has 1 aliphatic heterocycles. The number of nitrogens with zero attached hydrogens (tertiary/aromatic N) is 4. The summed E-state index contributed by atoms with van der Waals surface area (Å²) in [5.41, 5.74) is 1.84. The molecule has 0 saturated carbocycles. The van der Waals surface area contributed by atoms with Gasteiger partial charge in [-0.25, -0.2) is 23.2 Å². The van der Waals surface area contributed by atoms with Gasteiger partial charge in [-0.3, -0.25) is 4.90 Å². The highest BCUT2D eigenvalue weighted by molar-refractivity contribution is 7.89. The molecule has 2 heterocycles. The van der Waals surface area contributed by atoms with Gasteiger partial charge >= 0.3 is 0 Å². The number of primary sulfonamides is 1. The molecule has 8 nitrogen and oxygen atoms in total. The SMILES string of the molecule is CC1(CO)CCN(Cc2nc(Cc3ccccc3)n(-c3ccc(S(N)(=O)=O)cc3)n2)CC1. The second kappa shape index (κ2) is 9.11. The Morgan fingerprint density at radius 3 is 2.31 bits per heavy atom. The van der Waals surface area contributed by atoms with Gasteiger partial charge in [0.15, 0.2) is 5.82 Å². The Bertz CT molecular complexity index is 1150. The van der Waals surface area contributed by atoms with Gasteiger partial charge in [0.05, 0.1) is 17.1 Å². The van der Waals surface area contributed by atoms with Gasteiger partial charge in [-0.15, -0.1) is 5.10 Å². The smallest absolute Gasteiger partial charge is 0.238 e. The molecule has 0 amide bonds. The Kier molecular flexibility index (Phi) is 6.43. The van der Waals surface area contributed by atoms with Crippen LogP contribution >= 0.6 is 0 Å². The van der Waals surface area contributed by atoms with Crippen molar-refractivity contribution in [3.05, 3.63) is 71.8 Å². The molecule has 1 aromatic heterocycles. The van der Waals surface area contributed by atoms with Crippen LogP contribution in [0.4, 0.5) is 0 Å². The lowest BCUT2D eigenvalue weighted by Gasteiger charge is -2.37. The highest BCUT2D eigenvalue weighted by atomic mass is 32.2. The van der Waals surface area contributed by atoms with Crippen molar-refractivity contribution in [2.24, 2.45) is 10.6 Å². The zero-order valence-electron chi connectivity index (χ0n) is 18.2. The molecule has 3 N–H and O–H groups in total. The van der Waals surface area contributed by atoms with Crippen LogP contribution in [0.3, 0.4) is 0 Å². The summed E-state index contributed by atoms with van der Waals surface area (Å²) in [5.74, 6) is 1.51. The molecule has 1 fully saturated rings. The summed E-state index contributed by atoms with van der Waals surface area (Å²) in [6.45, 7) is 4.75. The van der Waals surface area contributed by atoms with E-state index in [9.17, 15) is 13.5 Å². The third kappa shape index (κ3) is 5.24. The van der Waals surface area contributed by atoms with Crippen molar-refractivity contribution in [1.82, 2.24) is 19.7 Å². The fraction of sp³-hybridized carbons (Fsp3) is 0.391. The molecule has 0 spiro atoms. The van der Waals surface area contributed by atoms with E-state index in [0.29, 0.717) is 13.0 Å². The number of likely N-dealkylation sites (tertiary alicyclic amines) is 1. The Morgan fingerprint density at radius 2 is 1.72 bits per heavy atom. The zero-order chi connectivity index (χ0) is 22.8. The molecule has 1 aliphatic rings. The van der Waals surface area contributed by atoms with E-state index in [1.165, 1.54) is 12.1 Å². The number of aliphatic hydroxyl groups excluding tert-OH is 1. The predicted molar refractivity (Wildman–Crippen MR) is 122 cm³/mol. The molecule has 0 radical (unpaired) electrons. The van der Waals surface area contributed by atoms with Gasteiger partial charge in [0.2, 0.25) is 10.0 Å². The molecule has 9 heteroatoms. The maximum absolute atomic E-state index is 11.6. The number of aliphatic hydroxyl groups is 1. The molecule has 0 atom stereocenters. The molecule has 1 saturated heterocycles. The molecule has 170 valence electrons. The number of nitrogens with two attached hydrogens (primary N) is 1. The van der Waals surface area contributed by atoms with Crippen molar-refractivity contribution in [3.63, 3.8) is 0 Å². The van der Waals surface area contributed by atoms with E-state index < -0.39 is 10.0 Å². The van der Waals surface area contributed by atoms with Crippen LogP contribution in [0.2, 0.25) is 0 Å². The molecule has 3 aromatic rings. The third-order valence-electron chi connectivity index (χ3n) is 6.14. The minimum absolute atomic E-state index is 0.00711. The summed E-state index contributed by atoms with van der Waals surface area (Å²) in [6, 6.07) is 16.4. The first-order valence-electron chi connectivity index (χ1n) is 10.7. The van der Waals surface area contributed by atoms with E-state index in [1.54, 1.807) is 16.8 Å². The maximum atomic E-state index is 11.6. The highest BCUT2D eigenvalue weighted by Gasteiger charge is 2.30. The van der Waals surface area contributed by atoms with E-state index in [0.717, 1.165) is 48.8 Å². The van der Waals surface area contributed by atoms with Gasteiger partial charge < -0.3 is 5.11 Å². The van der Waals surface area contributed by atoms with Gasteiger partial charge in [0.25, 0.3) is 0 Å². The van der Waals surface area contributed by atoms with Crippen molar-refractivity contribution in [3.8, 4) is 5.69 Å². The first-order valence-corrected chi connectivity index (χ1v) is 12.3. The van der Waals surface area contributed by atoms with E-state index in [4.69, 9.17) is 15.2 Å². The number of hydrogen-bond acceptors (Lipinski definition) is 6. The number of aromatic nitrogens is 3. The van der Waals surface area contributed by atoms with Gasteiger partial charge in [-0.1, -0.05) is 37.3 Å². The minimum Gasteiger partial charge on any atom is -0.396 e. The number of benzene rings is 2. The molecule has 32 heavy (non-hydrogen) atoms. The zero-order valence-corrected chi connectivity index (χ0v) is 19.0. The molecule has 2 aromatic carbocycles. The Hall–Kier alpha value is -2.59. The first kappa shape index (κ1) is 22.6. The van der Waals surface area contributed by atoms with Gasteiger partial charge in [-0.05, 0) is 61.2 Å². The molecular weight excluding hydrogens is 426 g/mol. The van der Waals surface area contributed by atoms with Crippen LogP contribution in [0.1, 0.15) is 37.0 Å². The van der Waals surface area contributed by atoms with Crippen molar-refractivity contribution in [2.45, 2.75) is 37.6 Å². The minimum atomic E-state index is -3.76. The average Bonchev–Trinajstić information content (AvgIpc) is 3.18. The molecular formula is C23H29N5O3S. The fourth-order valence-corrected chi connectivity index (χ4v) is 4.46. The first-order chi connectivity index (χ1) is 15.3. The lowest BCUT2D eigenvalue weighted by Crippen LogP contribution is -2.40. The van der Waals surface area contributed by atoms with E-state index in [1.807, 2.05) is 30.3 Å². The summed E-state index contributed by atoms with van der Waals surface area (Å²) in [5, 5.41) is 19.6. The van der Waals surface area contributed by atoms with Crippen LogP contribution in [0, 0.1) is 5.41 Å². The Balaban J connectivity index is 1.60. The lowest BCUT2D eigenvalue weighted by molar-refractivity contribution is 0.0547. The summed E-state index contributed by atoms with van der Waals surface area (Å²) >= 11 is 0. The molecule has 4 rings (SSSR count). The van der Waals surface area contributed by atoms with Gasteiger partial charge in [0, 0.05) is 13.0 Å². The van der Waals surface area contributed by atoms with Crippen molar-refractivity contribution in [2.75, 3.05) is 19.7 Å². The number of rotatable bonds is 7. The average molecular weight is 456 g/mol. The topological polar surface area (TPSA) is 114 Å².